The molecule has 1 amide bonds. The zero-order chi connectivity index (χ0) is 23.6. The number of hydrogen-bond donors (Lipinski definition) is 0. The van der Waals surface area contributed by atoms with Gasteiger partial charge >= 0.3 is 6.18 Å². The first-order valence-electron chi connectivity index (χ1n) is 10.3. The lowest BCUT2D eigenvalue weighted by molar-refractivity contribution is -0.143. The average molecular weight is 465 g/mol. The van der Waals surface area contributed by atoms with E-state index in [2.05, 4.69) is 15.2 Å². The maximum absolute atomic E-state index is 13.9. The first kappa shape index (κ1) is 22.8. The fourth-order valence-electron chi connectivity index (χ4n) is 3.77. The second-order valence-electron chi connectivity index (χ2n) is 7.72. The molecule has 0 unspecified atom stereocenters. The minimum absolute atomic E-state index is 0.0587. The molecule has 0 bridgehead atoms. The zero-order valence-electron chi connectivity index (χ0n) is 17.4. The van der Waals surface area contributed by atoms with Gasteiger partial charge in [0.15, 0.2) is 11.4 Å². The molecule has 174 valence electrons. The number of halogens is 5. The lowest BCUT2D eigenvalue weighted by Gasteiger charge is -2.22. The molecule has 3 aromatic rings. The van der Waals surface area contributed by atoms with Crippen LogP contribution in [0.3, 0.4) is 0 Å². The molecule has 0 aliphatic carbocycles. The Balaban J connectivity index is 1.53. The van der Waals surface area contributed by atoms with Crippen molar-refractivity contribution in [2.75, 3.05) is 26.2 Å². The van der Waals surface area contributed by atoms with Gasteiger partial charge in [-0.2, -0.15) is 13.2 Å². The topological polar surface area (TPSA) is 54.3 Å². The molecule has 0 saturated carbocycles. The van der Waals surface area contributed by atoms with Crippen LogP contribution in [-0.4, -0.2) is 56.9 Å². The number of benzene rings is 2. The smallest absolute Gasteiger partial charge is 0.336 e. The van der Waals surface area contributed by atoms with E-state index in [9.17, 15) is 26.7 Å². The predicted octanol–water partition coefficient (Wildman–Crippen LogP) is 3.91. The van der Waals surface area contributed by atoms with E-state index in [1.807, 2.05) is 0 Å². The van der Waals surface area contributed by atoms with E-state index in [4.69, 9.17) is 0 Å². The molecule has 1 fully saturated rings. The Bertz CT molecular complexity index is 1110. The summed E-state index contributed by atoms with van der Waals surface area (Å²) in [6.07, 6.45) is -4.34. The number of alkyl halides is 3. The van der Waals surface area contributed by atoms with Gasteiger partial charge in [0.1, 0.15) is 11.6 Å². The summed E-state index contributed by atoms with van der Waals surface area (Å²) in [4.78, 5) is 16.4. The number of aromatic nitrogens is 3. The standard InChI is InChI=1S/C22H20F5N5O/c23-16-4-2-15(3-5-16)14-30-10-1-11-31(13-12-30)21(33)19-20(22(25,26)27)32(29-28-19)18-8-6-17(24)7-9-18/h2-9H,1,10-14H2. The Hall–Kier alpha value is -3.34. The number of carbonyl (C=O) groups is 1. The fraction of sp³-hybridized carbons (Fsp3) is 0.318. The molecular formula is C22H20F5N5O. The highest BCUT2D eigenvalue weighted by Crippen LogP contribution is 2.33. The van der Waals surface area contributed by atoms with Gasteiger partial charge in [-0.3, -0.25) is 9.69 Å². The monoisotopic (exact) mass is 465 g/mol. The molecule has 6 nitrogen and oxygen atoms in total. The summed E-state index contributed by atoms with van der Waals surface area (Å²) >= 11 is 0. The summed E-state index contributed by atoms with van der Waals surface area (Å²) in [5.74, 6) is -1.81. The van der Waals surface area contributed by atoms with Crippen LogP contribution < -0.4 is 0 Å². The summed E-state index contributed by atoms with van der Waals surface area (Å²) < 4.78 is 68.4. The number of amides is 1. The van der Waals surface area contributed by atoms with E-state index in [0.717, 1.165) is 29.8 Å². The summed E-state index contributed by atoms with van der Waals surface area (Å²) in [5, 5.41) is 7.08. The van der Waals surface area contributed by atoms with Crippen LogP contribution in [0.25, 0.3) is 5.69 Å². The molecule has 4 rings (SSSR count). The first-order valence-corrected chi connectivity index (χ1v) is 10.3. The van der Waals surface area contributed by atoms with Crippen LogP contribution in [0.5, 0.6) is 0 Å². The van der Waals surface area contributed by atoms with Crippen LogP contribution in [0.1, 0.15) is 28.2 Å². The van der Waals surface area contributed by atoms with Crippen molar-refractivity contribution in [3.63, 3.8) is 0 Å². The van der Waals surface area contributed by atoms with Crippen LogP contribution in [0.4, 0.5) is 22.0 Å². The number of nitrogens with zero attached hydrogens (tertiary/aromatic N) is 5. The highest BCUT2D eigenvalue weighted by molar-refractivity contribution is 5.93. The van der Waals surface area contributed by atoms with Gasteiger partial charge in [-0.05, 0) is 48.4 Å². The highest BCUT2D eigenvalue weighted by Gasteiger charge is 2.43. The van der Waals surface area contributed by atoms with E-state index in [0.29, 0.717) is 30.7 Å². The summed E-state index contributed by atoms with van der Waals surface area (Å²) in [7, 11) is 0. The van der Waals surface area contributed by atoms with Crippen LogP contribution in [0.2, 0.25) is 0 Å². The molecule has 1 saturated heterocycles. The second kappa shape index (κ2) is 9.26. The molecule has 2 heterocycles. The molecule has 0 atom stereocenters. The third-order valence-electron chi connectivity index (χ3n) is 5.41. The first-order chi connectivity index (χ1) is 15.7. The zero-order valence-corrected chi connectivity index (χ0v) is 17.4. The highest BCUT2D eigenvalue weighted by atomic mass is 19.4. The Kier molecular flexibility index (Phi) is 6.41. The van der Waals surface area contributed by atoms with E-state index in [-0.39, 0.29) is 24.6 Å². The average Bonchev–Trinajstić information content (AvgIpc) is 3.10. The van der Waals surface area contributed by atoms with Gasteiger partial charge in [-0.1, -0.05) is 17.3 Å². The molecular weight excluding hydrogens is 445 g/mol. The number of rotatable bonds is 4. The Labute approximate surface area is 186 Å². The minimum atomic E-state index is -4.90. The second-order valence-corrected chi connectivity index (χ2v) is 7.72. The number of carbonyl (C=O) groups excluding carboxylic acids is 1. The van der Waals surface area contributed by atoms with E-state index in [1.165, 1.54) is 17.0 Å². The molecule has 1 aromatic heterocycles. The molecule has 1 aliphatic rings. The minimum Gasteiger partial charge on any atom is -0.336 e. The molecule has 0 N–H and O–H groups in total. The van der Waals surface area contributed by atoms with Gasteiger partial charge in [0.05, 0.1) is 5.69 Å². The van der Waals surface area contributed by atoms with Gasteiger partial charge in [0, 0.05) is 32.7 Å². The third-order valence-corrected chi connectivity index (χ3v) is 5.41. The van der Waals surface area contributed by atoms with Gasteiger partial charge in [-0.15, -0.1) is 5.10 Å². The van der Waals surface area contributed by atoms with Crippen LogP contribution in [-0.2, 0) is 12.7 Å². The fourth-order valence-corrected chi connectivity index (χ4v) is 3.77. The van der Waals surface area contributed by atoms with Gasteiger partial charge in [0.2, 0.25) is 0 Å². The van der Waals surface area contributed by atoms with Crippen molar-refractivity contribution in [2.24, 2.45) is 0 Å². The van der Waals surface area contributed by atoms with Crippen LogP contribution in [0, 0.1) is 11.6 Å². The van der Waals surface area contributed by atoms with Gasteiger partial charge in [-0.25, -0.2) is 13.5 Å². The van der Waals surface area contributed by atoms with Crippen molar-refractivity contribution in [3.05, 3.63) is 77.1 Å². The van der Waals surface area contributed by atoms with Gasteiger partial charge < -0.3 is 4.90 Å². The lowest BCUT2D eigenvalue weighted by Crippen LogP contribution is -2.36. The SMILES string of the molecule is O=C(c1nnn(-c2ccc(F)cc2)c1C(F)(F)F)N1CCCN(Cc2ccc(F)cc2)CC1. The molecule has 11 heteroatoms. The van der Waals surface area contributed by atoms with Crippen molar-refractivity contribution in [1.82, 2.24) is 24.8 Å². The molecule has 33 heavy (non-hydrogen) atoms. The Morgan fingerprint density at radius 2 is 1.52 bits per heavy atom. The molecule has 0 spiro atoms. The molecule has 1 aliphatic heterocycles. The van der Waals surface area contributed by atoms with Crippen LogP contribution in [0.15, 0.2) is 48.5 Å². The molecule has 2 aromatic carbocycles. The maximum Gasteiger partial charge on any atom is 0.435 e. The van der Waals surface area contributed by atoms with Crippen molar-refractivity contribution in [2.45, 2.75) is 19.1 Å². The molecule has 0 radical (unpaired) electrons. The van der Waals surface area contributed by atoms with Crippen molar-refractivity contribution < 1.29 is 26.7 Å². The third kappa shape index (κ3) is 5.19. The van der Waals surface area contributed by atoms with E-state index < -0.39 is 29.3 Å². The van der Waals surface area contributed by atoms with Crippen molar-refractivity contribution in [3.8, 4) is 5.69 Å². The summed E-state index contributed by atoms with van der Waals surface area (Å²) in [6.45, 7) is 2.09. The normalized spacial score (nSPS) is 15.5. The summed E-state index contributed by atoms with van der Waals surface area (Å²) in [5.41, 5.74) is -1.25. The Morgan fingerprint density at radius 3 is 2.15 bits per heavy atom. The van der Waals surface area contributed by atoms with E-state index in [1.54, 1.807) is 12.1 Å². The Morgan fingerprint density at radius 1 is 0.879 bits per heavy atom. The van der Waals surface area contributed by atoms with Crippen LogP contribution >= 0.6 is 0 Å². The van der Waals surface area contributed by atoms with Crippen molar-refractivity contribution >= 4 is 5.91 Å². The van der Waals surface area contributed by atoms with Gasteiger partial charge in [0.25, 0.3) is 5.91 Å². The number of hydrogen-bond acceptors (Lipinski definition) is 4. The quantitative estimate of drug-likeness (QED) is 0.549. The predicted molar refractivity (Wildman–Crippen MR) is 109 cm³/mol. The maximum atomic E-state index is 13.9. The van der Waals surface area contributed by atoms with Crippen molar-refractivity contribution in [1.29, 1.82) is 0 Å². The largest absolute Gasteiger partial charge is 0.435 e. The summed E-state index contributed by atoms with van der Waals surface area (Å²) in [6, 6.07) is 10.4. The van der Waals surface area contributed by atoms with E-state index >= 15 is 0 Å². The lowest BCUT2D eigenvalue weighted by atomic mass is 10.2.